The number of furan rings is 1. The molecule has 0 aliphatic heterocycles. The number of anilines is 2. The average molecular weight is 403 g/mol. The van der Waals surface area contributed by atoms with Crippen molar-refractivity contribution in [3.8, 4) is 0 Å². The van der Waals surface area contributed by atoms with Gasteiger partial charge in [-0.15, -0.1) is 0 Å². The highest BCUT2D eigenvalue weighted by Crippen LogP contribution is 2.29. The van der Waals surface area contributed by atoms with Gasteiger partial charge in [-0.1, -0.05) is 13.3 Å². The fourth-order valence-corrected chi connectivity index (χ4v) is 3.45. The molecule has 9 nitrogen and oxygen atoms in total. The molecule has 9 heteroatoms. The van der Waals surface area contributed by atoms with Crippen LogP contribution in [0.5, 0.6) is 0 Å². The Bertz CT molecular complexity index is 943. The molecule has 0 saturated heterocycles. The summed E-state index contributed by atoms with van der Waals surface area (Å²) in [6.07, 6.45) is 5.30. The molecule has 1 saturated carbocycles. The summed E-state index contributed by atoms with van der Waals surface area (Å²) >= 11 is 0. The van der Waals surface area contributed by atoms with Crippen molar-refractivity contribution in [3.05, 3.63) is 45.0 Å². The van der Waals surface area contributed by atoms with Crippen LogP contribution in [0.15, 0.2) is 32.4 Å². The molecule has 1 amide bonds. The molecule has 158 valence electrons. The lowest BCUT2D eigenvalue weighted by molar-refractivity contribution is -0.120. The fraction of sp³-hybridized carbons (Fsp3) is 0.550. The monoisotopic (exact) mass is 403 g/mol. The number of nitrogen functional groups attached to an aromatic ring is 1. The molecule has 3 N–H and O–H groups in total. The van der Waals surface area contributed by atoms with Gasteiger partial charge < -0.3 is 15.1 Å². The highest BCUT2D eigenvalue weighted by atomic mass is 16.3. The summed E-state index contributed by atoms with van der Waals surface area (Å²) in [6, 6.07) is 4.03. The molecule has 0 spiro atoms. The Morgan fingerprint density at radius 1 is 1.34 bits per heavy atom. The molecular formula is C20H29N5O4. The maximum Gasteiger partial charge on any atom is 0.330 e. The van der Waals surface area contributed by atoms with Crippen LogP contribution in [0.4, 0.5) is 11.5 Å². The van der Waals surface area contributed by atoms with Gasteiger partial charge in [-0.3, -0.25) is 24.0 Å². The van der Waals surface area contributed by atoms with E-state index in [4.69, 9.17) is 10.2 Å². The summed E-state index contributed by atoms with van der Waals surface area (Å²) in [7, 11) is 0. The zero-order chi connectivity index (χ0) is 21.0. The third-order valence-electron chi connectivity index (χ3n) is 5.18. The van der Waals surface area contributed by atoms with Gasteiger partial charge in [-0.2, -0.15) is 0 Å². The van der Waals surface area contributed by atoms with Crippen molar-refractivity contribution in [2.24, 2.45) is 0 Å². The van der Waals surface area contributed by atoms with E-state index in [0.29, 0.717) is 19.1 Å². The van der Waals surface area contributed by atoms with E-state index >= 15 is 0 Å². The average Bonchev–Trinajstić information content (AvgIpc) is 3.41. The van der Waals surface area contributed by atoms with Gasteiger partial charge in [0.05, 0.1) is 19.4 Å². The second-order valence-electron chi connectivity index (χ2n) is 7.35. The number of aromatic amines is 1. The highest BCUT2D eigenvalue weighted by Gasteiger charge is 2.33. The van der Waals surface area contributed by atoms with Crippen molar-refractivity contribution < 1.29 is 9.21 Å². The Morgan fingerprint density at radius 2 is 2.10 bits per heavy atom. The zero-order valence-electron chi connectivity index (χ0n) is 17.0. The van der Waals surface area contributed by atoms with Crippen LogP contribution < -0.4 is 21.9 Å². The lowest BCUT2D eigenvalue weighted by Gasteiger charge is -2.27. The van der Waals surface area contributed by atoms with Crippen LogP contribution >= 0.6 is 0 Å². The molecule has 2 aromatic rings. The summed E-state index contributed by atoms with van der Waals surface area (Å²) in [4.78, 5) is 43.5. The van der Waals surface area contributed by atoms with E-state index in [0.717, 1.165) is 31.4 Å². The molecule has 0 atom stereocenters. The Morgan fingerprint density at radius 3 is 2.69 bits per heavy atom. The Kier molecular flexibility index (Phi) is 6.58. The number of likely N-dealkylation sites (N-methyl/N-ethyl adjacent to an activating group) is 1. The van der Waals surface area contributed by atoms with Crippen molar-refractivity contribution in [2.45, 2.75) is 58.7 Å². The van der Waals surface area contributed by atoms with Crippen LogP contribution in [0, 0.1) is 0 Å². The molecule has 2 aromatic heterocycles. The Labute approximate surface area is 169 Å². The first kappa shape index (κ1) is 20.9. The van der Waals surface area contributed by atoms with Crippen molar-refractivity contribution >= 4 is 17.4 Å². The van der Waals surface area contributed by atoms with E-state index in [9.17, 15) is 14.4 Å². The third kappa shape index (κ3) is 4.79. The molecule has 1 aliphatic carbocycles. The normalized spacial score (nSPS) is 13.8. The number of carbonyl (C=O) groups is 1. The van der Waals surface area contributed by atoms with Gasteiger partial charge in [-0.25, -0.2) is 4.79 Å². The van der Waals surface area contributed by atoms with Crippen molar-refractivity contribution in [1.82, 2.24) is 14.5 Å². The van der Waals surface area contributed by atoms with Crippen LogP contribution in [0.25, 0.3) is 0 Å². The van der Waals surface area contributed by atoms with E-state index in [1.54, 1.807) is 13.2 Å². The Hall–Kier alpha value is -2.81. The van der Waals surface area contributed by atoms with Crippen molar-refractivity contribution in [3.63, 3.8) is 0 Å². The van der Waals surface area contributed by atoms with E-state index in [-0.39, 0.29) is 30.5 Å². The number of unbranched alkanes of at least 4 members (excludes halogenated alkanes) is 1. The second-order valence-corrected chi connectivity index (χ2v) is 7.35. The summed E-state index contributed by atoms with van der Waals surface area (Å²) in [5.74, 6) is 0.591. The predicted molar refractivity (Wildman–Crippen MR) is 111 cm³/mol. The first-order chi connectivity index (χ1) is 14.0. The molecule has 0 unspecified atom stereocenters. The molecule has 0 bridgehead atoms. The van der Waals surface area contributed by atoms with E-state index in [1.807, 2.05) is 19.1 Å². The number of hydrogen-bond donors (Lipinski definition) is 2. The molecule has 1 fully saturated rings. The zero-order valence-corrected chi connectivity index (χ0v) is 17.0. The van der Waals surface area contributed by atoms with Crippen LogP contribution in [0.1, 0.15) is 45.3 Å². The lowest BCUT2D eigenvalue weighted by atomic mass is 10.3. The van der Waals surface area contributed by atoms with E-state index in [2.05, 4.69) is 9.88 Å². The molecule has 3 rings (SSSR count). The lowest BCUT2D eigenvalue weighted by Crippen LogP contribution is -2.45. The number of nitrogens with zero attached hydrogens (tertiary/aromatic N) is 3. The number of rotatable bonds is 10. The summed E-state index contributed by atoms with van der Waals surface area (Å²) in [5.41, 5.74) is 5.03. The smallest absolute Gasteiger partial charge is 0.330 e. The van der Waals surface area contributed by atoms with Crippen molar-refractivity contribution in [1.29, 1.82) is 0 Å². The number of hydrogen-bond acceptors (Lipinski definition) is 6. The van der Waals surface area contributed by atoms with Gasteiger partial charge in [0.1, 0.15) is 11.6 Å². The van der Waals surface area contributed by atoms with Gasteiger partial charge in [0.2, 0.25) is 5.91 Å². The fourth-order valence-electron chi connectivity index (χ4n) is 3.45. The maximum atomic E-state index is 13.1. The first-order valence-electron chi connectivity index (χ1n) is 10.2. The summed E-state index contributed by atoms with van der Waals surface area (Å²) in [6.45, 7) is 5.13. The third-order valence-corrected chi connectivity index (χ3v) is 5.18. The van der Waals surface area contributed by atoms with Gasteiger partial charge in [0.25, 0.3) is 5.56 Å². The van der Waals surface area contributed by atoms with Crippen LogP contribution in [-0.4, -0.2) is 39.5 Å². The minimum Gasteiger partial charge on any atom is -0.468 e. The predicted octanol–water partition coefficient (Wildman–Crippen LogP) is 1.53. The quantitative estimate of drug-likeness (QED) is 0.621. The second kappa shape index (κ2) is 9.13. The van der Waals surface area contributed by atoms with Crippen LogP contribution in [-0.2, 0) is 17.9 Å². The molecule has 0 aromatic carbocycles. The molecule has 2 heterocycles. The highest BCUT2D eigenvalue weighted by molar-refractivity contribution is 5.96. The minimum absolute atomic E-state index is 0.0337. The van der Waals surface area contributed by atoms with Crippen LogP contribution in [0.3, 0.4) is 0 Å². The minimum atomic E-state index is -0.639. The Balaban J connectivity index is 1.85. The molecular weight excluding hydrogens is 374 g/mol. The first-order valence-corrected chi connectivity index (χ1v) is 10.2. The van der Waals surface area contributed by atoms with E-state index < -0.39 is 11.2 Å². The van der Waals surface area contributed by atoms with Crippen LogP contribution in [0.2, 0.25) is 0 Å². The number of carbonyl (C=O) groups excluding carboxylic acids is 1. The molecule has 29 heavy (non-hydrogen) atoms. The standard InChI is InChI=1S/C20H29N5O4/c1-3-5-10-25-18(21)17(19(27)22-20(25)28)24(4-2)16(26)13-23(14-8-9-14)12-15-7-6-11-29-15/h6-7,11,14H,3-5,8-10,12-13,21H2,1-2H3,(H,22,27,28). The van der Waals surface area contributed by atoms with E-state index in [1.165, 1.54) is 9.47 Å². The van der Waals surface area contributed by atoms with Gasteiger partial charge in [0.15, 0.2) is 5.69 Å². The molecule has 1 aliphatic rings. The maximum absolute atomic E-state index is 13.1. The number of H-pyrrole nitrogens is 1. The number of nitrogens with one attached hydrogen (secondary N) is 1. The van der Waals surface area contributed by atoms with Gasteiger partial charge in [0, 0.05) is 19.1 Å². The van der Waals surface area contributed by atoms with Gasteiger partial charge in [-0.05, 0) is 38.3 Å². The largest absolute Gasteiger partial charge is 0.468 e. The number of aromatic nitrogens is 2. The number of amides is 1. The molecule has 0 radical (unpaired) electrons. The number of nitrogens with two attached hydrogens (primary N) is 1. The van der Waals surface area contributed by atoms with Crippen molar-refractivity contribution in [2.75, 3.05) is 23.7 Å². The van der Waals surface area contributed by atoms with Gasteiger partial charge >= 0.3 is 5.69 Å². The SMILES string of the molecule is CCCCn1c(N)c(N(CC)C(=O)CN(Cc2ccco2)C2CC2)c(=O)[nH]c1=O. The summed E-state index contributed by atoms with van der Waals surface area (Å²) in [5, 5.41) is 0. The summed E-state index contributed by atoms with van der Waals surface area (Å²) < 4.78 is 6.75. The topological polar surface area (TPSA) is 118 Å².